The second kappa shape index (κ2) is 4.80. The molecule has 1 amide bonds. The third-order valence-electron chi connectivity index (χ3n) is 2.38. The summed E-state index contributed by atoms with van der Waals surface area (Å²) in [6, 6.07) is 0. The van der Waals surface area contributed by atoms with Crippen molar-refractivity contribution in [1.29, 1.82) is 0 Å². The van der Waals surface area contributed by atoms with E-state index in [2.05, 4.69) is 4.98 Å². The maximum Gasteiger partial charge on any atom is 0.323 e. The van der Waals surface area contributed by atoms with Crippen LogP contribution in [-0.4, -0.2) is 40.5 Å². The molecule has 0 bridgehead atoms. The number of nitrogens with zero attached hydrogens (tertiary/aromatic N) is 2. The molecule has 0 fully saturated rings. The van der Waals surface area contributed by atoms with E-state index in [1.54, 1.807) is 6.92 Å². The number of rotatable bonds is 3. The molecule has 0 atom stereocenters. The van der Waals surface area contributed by atoms with Crippen LogP contribution in [0.4, 0.5) is 0 Å². The Labute approximate surface area is 106 Å². The Kier molecular flexibility index (Phi) is 3.79. The van der Waals surface area contributed by atoms with Gasteiger partial charge in [-0.25, -0.2) is 4.98 Å². The van der Waals surface area contributed by atoms with Gasteiger partial charge in [0.25, 0.3) is 5.89 Å². The predicted octanol–water partition coefficient (Wildman–Crippen LogP) is 1.44. The molecule has 1 rings (SSSR count). The van der Waals surface area contributed by atoms with Crippen LogP contribution in [0.1, 0.15) is 42.9 Å². The van der Waals surface area contributed by atoms with Gasteiger partial charge in [0.05, 0.1) is 5.69 Å². The highest BCUT2D eigenvalue weighted by atomic mass is 16.4. The molecule has 18 heavy (non-hydrogen) atoms. The fourth-order valence-corrected chi connectivity index (χ4v) is 1.62. The number of aliphatic carboxylic acids is 1. The molecule has 100 valence electrons. The van der Waals surface area contributed by atoms with Gasteiger partial charge in [-0.2, -0.15) is 0 Å². The smallest absolute Gasteiger partial charge is 0.323 e. The summed E-state index contributed by atoms with van der Waals surface area (Å²) in [5, 5.41) is 8.62. The lowest BCUT2D eigenvalue weighted by atomic mass is 9.92. The fraction of sp³-hybridized carbons (Fsp3) is 0.583. The second-order valence-electron chi connectivity index (χ2n) is 5.24. The molecule has 1 aromatic heterocycles. The Bertz CT molecular complexity index is 471. The van der Waals surface area contributed by atoms with Crippen molar-refractivity contribution in [3.63, 3.8) is 0 Å². The Morgan fingerprint density at radius 2 is 1.94 bits per heavy atom. The van der Waals surface area contributed by atoms with E-state index in [0.29, 0.717) is 11.5 Å². The van der Waals surface area contributed by atoms with Gasteiger partial charge in [-0.15, -0.1) is 0 Å². The number of carbonyl (C=O) groups excluding carboxylic acids is 1. The van der Waals surface area contributed by atoms with Crippen molar-refractivity contribution in [1.82, 2.24) is 9.88 Å². The zero-order valence-electron chi connectivity index (χ0n) is 11.3. The van der Waals surface area contributed by atoms with Crippen molar-refractivity contribution < 1.29 is 19.1 Å². The van der Waals surface area contributed by atoms with E-state index in [4.69, 9.17) is 9.52 Å². The van der Waals surface area contributed by atoms with Crippen LogP contribution >= 0.6 is 0 Å². The van der Waals surface area contributed by atoms with Crippen LogP contribution in [0.25, 0.3) is 0 Å². The molecule has 0 aliphatic rings. The molecular formula is C12H18N2O4. The largest absolute Gasteiger partial charge is 0.480 e. The minimum Gasteiger partial charge on any atom is -0.480 e. The van der Waals surface area contributed by atoms with E-state index in [-0.39, 0.29) is 17.9 Å². The van der Waals surface area contributed by atoms with Gasteiger partial charge in [0, 0.05) is 12.5 Å². The summed E-state index contributed by atoms with van der Waals surface area (Å²) in [4.78, 5) is 27.5. The zero-order valence-corrected chi connectivity index (χ0v) is 11.3. The number of carbonyl (C=O) groups is 2. The van der Waals surface area contributed by atoms with Gasteiger partial charge in [0.15, 0.2) is 0 Å². The summed E-state index contributed by atoms with van der Waals surface area (Å²) in [5.41, 5.74) is 0.399. The van der Waals surface area contributed by atoms with E-state index in [9.17, 15) is 9.59 Å². The third kappa shape index (κ3) is 3.09. The van der Waals surface area contributed by atoms with Gasteiger partial charge >= 0.3 is 11.9 Å². The highest BCUT2D eigenvalue weighted by molar-refractivity contribution is 5.91. The molecule has 1 aromatic rings. The topological polar surface area (TPSA) is 83.6 Å². The van der Waals surface area contributed by atoms with Crippen molar-refractivity contribution in [2.45, 2.75) is 33.1 Å². The number of hydrogen-bond acceptors (Lipinski definition) is 4. The number of aromatic nitrogens is 1. The Hall–Kier alpha value is -1.85. The van der Waals surface area contributed by atoms with Crippen LogP contribution in [0.2, 0.25) is 0 Å². The molecule has 0 aliphatic carbocycles. The van der Waals surface area contributed by atoms with Gasteiger partial charge in [0.2, 0.25) is 0 Å². The summed E-state index contributed by atoms with van der Waals surface area (Å²) in [7, 11) is 1.40. The van der Waals surface area contributed by atoms with Crippen molar-refractivity contribution in [3.05, 3.63) is 17.3 Å². The summed E-state index contributed by atoms with van der Waals surface area (Å²) in [6.45, 7) is 7.24. The number of oxazole rings is 1. The molecule has 0 saturated carbocycles. The molecule has 1 heterocycles. The highest BCUT2D eigenvalue weighted by Gasteiger charge is 2.27. The first-order chi connectivity index (χ1) is 8.12. The quantitative estimate of drug-likeness (QED) is 0.882. The normalized spacial score (nSPS) is 11.4. The van der Waals surface area contributed by atoms with Gasteiger partial charge in [-0.3, -0.25) is 9.59 Å². The van der Waals surface area contributed by atoms with Gasteiger partial charge in [0.1, 0.15) is 12.3 Å². The summed E-state index contributed by atoms with van der Waals surface area (Å²) < 4.78 is 5.45. The van der Waals surface area contributed by atoms with Crippen LogP contribution < -0.4 is 0 Å². The molecule has 6 heteroatoms. The number of carboxylic acids is 1. The number of likely N-dealkylation sites (N-methyl/N-ethyl adjacent to an activating group) is 1. The van der Waals surface area contributed by atoms with Crippen LogP contribution in [0.15, 0.2) is 4.42 Å². The minimum atomic E-state index is -1.08. The lowest BCUT2D eigenvalue weighted by Crippen LogP contribution is -2.32. The number of carboxylic acid groups (broad SMARTS) is 1. The van der Waals surface area contributed by atoms with Crippen molar-refractivity contribution in [3.8, 4) is 0 Å². The number of amides is 1. The predicted molar refractivity (Wildman–Crippen MR) is 64.5 cm³/mol. The molecule has 0 saturated heterocycles. The number of aryl methyl sites for hydroxylation is 1. The fourth-order valence-electron chi connectivity index (χ4n) is 1.62. The van der Waals surface area contributed by atoms with E-state index >= 15 is 0 Å². The molecule has 0 spiro atoms. The second-order valence-corrected chi connectivity index (χ2v) is 5.24. The zero-order chi connectivity index (χ0) is 14.1. The molecule has 0 radical (unpaired) electrons. The van der Waals surface area contributed by atoms with E-state index in [0.717, 1.165) is 4.90 Å². The van der Waals surface area contributed by atoms with Gasteiger partial charge in [-0.05, 0) is 6.92 Å². The Morgan fingerprint density at radius 3 is 2.33 bits per heavy atom. The van der Waals surface area contributed by atoms with Crippen LogP contribution in [0, 0.1) is 6.92 Å². The van der Waals surface area contributed by atoms with Gasteiger partial charge < -0.3 is 14.4 Å². The van der Waals surface area contributed by atoms with Crippen LogP contribution in [0.3, 0.4) is 0 Å². The first-order valence-electron chi connectivity index (χ1n) is 5.58. The molecule has 0 unspecified atom stereocenters. The summed E-state index contributed by atoms with van der Waals surface area (Å²) in [5.74, 6) is -1.04. The van der Waals surface area contributed by atoms with Crippen LogP contribution in [0.5, 0.6) is 0 Å². The average molecular weight is 254 g/mol. The first-order valence-corrected chi connectivity index (χ1v) is 5.58. The van der Waals surface area contributed by atoms with Crippen molar-refractivity contribution in [2.24, 2.45) is 0 Å². The monoisotopic (exact) mass is 254 g/mol. The van der Waals surface area contributed by atoms with Crippen molar-refractivity contribution >= 4 is 11.9 Å². The molecular weight excluding hydrogens is 236 g/mol. The van der Waals surface area contributed by atoms with Crippen LogP contribution in [-0.2, 0) is 10.2 Å². The average Bonchev–Trinajstić information content (AvgIpc) is 2.57. The molecule has 0 aliphatic heterocycles. The van der Waals surface area contributed by atoms with E-state index in [1.807, 2.05) is 20.8 Å². The summed E-state index contributed by atoms with van der Waals surface area (Å²) in [6.07, 6.45) is 0. The first kappa shape index (κ1) is 14.2. The standard InChI is InChI=1S/C12H18N2O4/c1-7-9(12(2,3)4)18-10(13-7)11(17)14(5)6-8(15)16/h6H2,1-5H3,(H,15,16). The SMILES string of the molecule is Cc1nc(C(=O)N(C)CC(=O)O)oc1C(C)(C)C. The Balaban J connectivity index is 2.98. The lowest BCUT2D eigenvalue weighted by molar-refractivity contribution is -0.137. The maximum absolute atomic E-state index is 11.9. The third-order valence-corrected chi connectivity index (χ3v) is 2.38. The summed E-state index contributed by atoms with van der Waals surface area (Å²) >= 11 is 0. The molecule has 0 aromatic carbocycles. The molecule has 6 nitrogen and oxygen atoms in total. The minimum absolute atomic E-state index is 0.0684. The van der Waals surface area contributed by atoms with Crippen molar-refractivity contribution in [2.75, 3.05) is 13.6 Å². The maximum atomic E-state index is 11.9. The lowest BCUT2D eigenvalue weighted by Gasteiger charge is -2.15. The van der Waals surface area contributed by atoms with E-state index in [1.165, 1.54) is 7.05 Å². The number of hydrogen-bond donors (Lipinski definition) is 1. The molecule has 1 N–H and O–H groups in total. The van der Waals surface area contributed by atoms with Gasteiger partial charge in [-0.1, -0.05) is 20.8 Å². The van der Waals surface area contributed by atoms with E-state index < -0.39 is 11.9 Å². The highest BCUT2D eigenvalue weighted by Crippen LogP contribution is 2.26. The Morgan fingerprint density at radius 1 is 1.39 bits per heavy atom.